The van der Waals surface area contributed by atoms with Crippen molar-refractivity contribution in [1.29, 1.82) is 0 Å². The van der Waals surface area contributed by atoms with Crippen molar-refractivity contribution in [2.45, 2.75) is 80.8 Å². The largest absolute Gasteiger partial charge is 0.443 e. The van der Waals surface area contributed by atoms with Crippen LogP contribution in [0.15, 0.2) is 53.4 Å². The number of para-hydroxylation sites is 1. The molecule has 4 atom stereocenters. The van der Waals surface area contributed by atoms with E-state index in [1.807, 2.05) is 6.92 Å². The summed E-state index contributed by atoms with van der Waals surface area (Å²) in [4.78, 5) is 14.9. The smallest absolute Gasteiger partial charge is 0.415 e. The van der Waals surface area contributed by atoms with Crippen molar-refractivity contribution in [3.8, 4) is 0 Å². The van der Waals surface area contributed by atoms with Crippen LogP contribution < -0.4 is 9.62 Å². The highest BCUT2D eigenvalue weighted by molar-refractivity contribution is 7.89. The number of anilines is 1. The number of aliphatic hydroxyl groups is 3. The van der Waals surface area contributed by atoms with Crippen molar-refractivity contribution in [3.05, 3.63) is 59.7 Å². The van der Waals surface area contributed by atoms with Crippen molar-refractivity contribution >= 4 is 21.8 Å². The quantitative estimate of drug-likeness (QED) is 0.478. The van der Waals surface area contributed by atoms with Gasteiger partial charge >= 0.3 is 6.09 Å². The zero-order valence-corrected chi connectivity index (χ0v) is 21.7. The van der Waals surface area contributed by atoms with Gasteiger partial charge in [0.15, 0.2) is 0 Å². The summed E-state index contributed by atoms with van der Waals surface area (Å²) in [6.45, 7) is 6.90. The molecule has 2 aliphatic rings. The minimum atomic E-state index is -3.85. The molecule has 4 rings (SSSR count). The number of amides is 1. The number of hydrogen-bond acceptors (Lipinski definition) is 7. The van der Waals surface area contributed by atoms with Gasteiger partial charge in [0.2, 0.25) is 10.0 Å². The molecule has 4 N–H and O–H groups in total. The summed E-state index contributed by atoms with van der Waals surface area (Å²) >= 11 is 0. The van der Waals surface area contributed by atoms with Crippen molar-refractivity contribution in [2.24, 2.45) is 0 Å². The van der Waals surface area contributed by atoms with Gasteiger partial charge in [0.1, 0.15) is 11.2 Å². The average Bonchev–Trinajstić information content (AvgIpc) is 3.18. The Kier molecular flexibility index (Phi) is 6.72. The van der Waals surface area contributed by atoms with E-state index in [4.69, 9.17) is 4.74 Å². The molecular weight excluding hydrogens is 484 g/mol. The number of carbonyl (C=O) groups excluding carboxylic acids is 1. The lowest BCUT2D eigenvalue weighted by Crippen LogP contribution is -2.60. The van der Waals surface area contributed by atoms with Gasteiger partial charge in [-0.15, -0.1) is 0 Å². The molecule has 36 heavy (non-hydrogen) atoms. The maximum atomic E-state index is 13.4. The van der Waals surface area contributed by atoms with E-state index in [1.165, 1.54) is 17.0 Å². The van der Waals surface area contributed by atoms with Gasteiger partial charge in [0.05, 0.1) is 28.3 Å². The molecule has 1 aliphatic heterocycles. The number of fused-ring (bicyclic) bond motifs is 1. The Balaban J connectivity index is 1.71. The Labute approximate surface area is 211 Å². The van der Waals surface area contributed by atoms with Gasteiger partial charge in [-0.1, -0.05) is 35.9 Å². The third kappa shape index (κ3) is 4.52. The molecular formula is C26H34N2O7S. The monoisotopic (exact) mass is 518 g/mol. The average molecular weight is 519 g/mol. The zero-order chi connectivity index (χ0) is 26.5. The number of rotatable bonds is 5. The highest BCUT2D eigenvalue weighted by atomic mass is 32.2. The van der Waals surface area contributed by atoms with E-state index >= 15 is 0 Å². The summed E-state index contributed by atoms with van der Waals surface area (Å²) in [5.41, 5.74) is -2.30. The number of carbonyl (C=O) groups is 1. The van der Waals surface area contributed by atoms with Crippen LogP contribution in [-0.4, -0.2) is 59.7 Å². The highest BCUT2D eigenvalue weighted by Crippen LogP contribution is 2.59. The second-order valence-electron chi connectivity index (χ2n) is 10.7. The fourth-order valence-electron chi connectivity index (χ4n) is 5.37. The Hall–Kier alpha value is -2.50. The van der Waals surface area contributed by atoms with Gasteiger partial charge in [-0.25, -0.2) is 17.9 Å². The topological polar surface area (TPSA) is 136 Å². The maximum absolute atomic E-state index is 13.4. The Morgan fingerprint density at radius 2 is 1.67 bits per heavy atom. The van der Waals surface area contributed by atoms with Crippen LogP contribution in [0.5, 0.6) is 0 Å². The van der Waals surface area contributed by atoms with Gasteiger partial charge in [-0.2, -0.15) is 0 Å². The molecule has 9 nitrogen and oxygen atoms in total. The lowest BCUT2D eigenvalue weighted by atomic mass is 9.74. The molecule has 1 aliphatic carbocycles. The molecule has 2 aromatic carbocycles. The number of sulfonamides is 1. The van der Waals surface area contributed by atoms with Gasteiger partial charge in [0, 0.05) is 24.9 Å². The predicted octanol–water partition coefficient (Wildman–Crippen LogP) is 2.56. The number of aliphatic hydroxyl groups excluding tert-OH is 2. The first-order valence-corrected chi connectivity index (χ1v) is 13.5. The molecule has 1 unspecified atom stereocenters. The Morgan fingerprint density at radius 3 is 2.25 bits per heavy atom. The molecule has 1 amide bonds. The molecule has 196 valence electrons. The van der Waals surface area contributed by atoms with Crippen molar-refractivity contribution in [3.63, 3.8) is 0 Å². The fraction of sp³-hybridized carbons (Fsp3) is 0.500. The normalized spacial score (nSPS) is 27.9. The van der Waals surface area contributed by atoms with E-state index in [-0.39, 0.29) is 30.7 Å². The van der Waals surface area contributed by atoms with Crippen LogP contribution in [0.3, 0.4) is 0 Å². The minimum absolute atomic E-state index is 0.101. The third-order valence-corrected chi connectivity index (χ3v) is 8.49. The minimum Gasteiger partial charge on any atom is -0.443 e. The van der Waals surface area contributed by atoms with Gasteiger partial charge in [0.25, 0.3) is 0 Å². The van der Waals surface area contributed by atoms with Gasteiger partial charge in [-0.3, -0.25) is 4.90 Å². The van der Waals surface area contributed by atoms with Crippen LogP contribution in [0.2, 0.25) is 0 Å². The van der Waals surface area contributed by atoms with Crippen LogP contribution in [0, 0.1) is 6.92 Å². The van der Waals surface area contributed by atoms with E-state index in [0.29, 0.717) is 11.3 Å². The molecule has 0 saturated heterocycles. The van der Waals surface area contributed by atoms with E-state index in [2.05, 4.69) is 4.72 Å². The molecule has 1 saturated carbocycles. The van der Waals surface area contributed by atoms with Crippen molar-refractivity contribution in [1.82, 2.24) is 4.72 Å². The maximum Gasteiger partial charge on any atom is 0.415 e. The van der Waals surface area contributed by atoms with E-state index in [1.54, 1.807) is 57.2 Å². The number of nitrogens with zero attached hydrogens (tertiary/aromatic N) is 1. The highest BCUT2D eigenvalue weighted by Gasteiger charge is 2.67. The summed E-state index contributed by atoms with van der Waals surface area (Å²) in [6, 6.07) is 13.2. The summed E-state index contributed by atoms with van der Waals surface area (Å²) in [7, 11) is -3.85. The summed E-state index contributed by atoms with van der Waals surface area (Å²) in [6.07, 6.45) is -3.40. The molecule has 0 bridgehead atoms. The van der Waals surface area contributed by atoms with Crippen LogP contribution in [-0.2, 0) is 20.4 Å². The second-order valence-corrected chi connectivity index (χ2v) is 12.5. The van der Waals surface area contributed by atoms with E-state index < -0.39 is 45.1 Å². The molecule has 1 fully saturated rings. The molecule has 1 heterocycles. The van der Waals surface area contributed by atoms with E-state index in [9.17, 15) is 28.5 Å². The third-order valence-electron chi connectivity index (χ3n) is 7.01. The lowest BCUT2D eigenvalue weighted by Gasteiger charge is -2.44. The molecule has 0 aromatic heterocycles. The fourth-order valence-corrected chi connectivity index (χ4v) is 6.40. The second kappa shape index (κ2) is 9.11. The molecule has 10 heteroatoms. The van der Waals surface area contributed by atoms with Crippen molar-refractivity contribution < 1.29 is 33.3 Å². The van der Waals surface area contributed by atoms with Gasteiger partial charge in [-0.05, 0) is 52.3 Å². The number of ether oxygens (including phenoxy) is 1. The SMILES string of the molecule is Cc1ccc(S(=O)(=O)NCC[C@]2(O)c3ccccc3N(C(=O)OC(C)(C)C)C23C[C@@H](O)[C@@H](O)C3)cc1. The Bertz CT molecular complexity index is 1230. The van der Waals surface area contributed by atoms with Crippen molar-refractivity contribution in [2.75, 3.05) is 11.4 Å². The standard InChI is InChI=1S/C26H34N2O7S/c1-17-9-11-18(12-10-17)36(33,34)27-14-13-26(32)19-7-5-6-8-20(19)28(23(31)35-24(2,3)4)25(26)15-21(29)22(30)16-25/h5-12,21-22,27,29-30,32H,13-16H2,1-4H3/t21-,22+,25?,26-/m0/s1. The van der Waals surface area contributed by atoms with Gasteiger partial charge < -0.3 is 20.1 Å². The first-order chi connectivity index (χ1) is 16.7. The predicted molar refractivity (Wildman–Crippen MR) is 134 cm³/mol. The van der Waals surface area contributed by atoms with Crippen LogP contribution in [0.4, 0.5) is 10.5 Å². The summed E-state index contributed by atoms with van der Waals surface area (Å²) in [5.74, 6) is 0. The first kappa shape index (κ1) is 26.6. The van der Waals surface area contributed by atoms with Crippen LogP contribution in [0.25, 0.3) is 0 Å². The summed E-state index contributed by atoms with van der Waals surface area (Å²) in [5, 5.41) is 33.3. The molecule has 1 spiro atoms. The number of benzene rings is 2. The first-order valence-electron chi connectivity index (χ1n) is 12.0. The zero-order valence-electron chi connectivity index (χ0n) is 20.9. The summed E-state index contributed by atoms with van der Waals surface area (Å²) < 4.78 is 33.9. The number of nitrogens with one attached hydrogen (secondary N) is 1. The Morgan fingerprint density at radius 1 is 1.08 bits per heavy atom. The molecule has 2 aromatic rings. The van der Waals surface area contributed by atoms with Crippen LogP contribution >= 0.6 is 0 Å². The van der Waals surface area contributed by atoms with E-state index in [0.717, 1.165) is 5.56 Å². The van der Waals surface area contributed by atoms with Crippen LogP contribution in [0.1, 0.15) is 51.2 Å². The lowest BCUT2D eigenvalue weighted by molar-refractivity contribution is -0.0450. The molecule has 0 radical (unpaired) electrons. The number of hydrogen-bond donors (Lipinski definition) is 4. The number of aryl methyl sites for hydroxylation is 1.